The summed E-state index contributed by atoms with van der Waals surface area (Å²) in [7, 11) is 0. The summed E-state index contributed by atoms with van der Waals surface area (Å²) in [6.45, 7) is 12.7. The summed E-state index contributed by atoms with van der Waals surface area (Å²) in [5.41, 5.74) is 5.98. The van der Waals surface area contributed by atoms with E-state index in [1.54, 1.807) is 6.07 Å². The number of hydrogen-bond donors (Lipinski definition) is 2. The SMILES string of the molecule is CCOC(=O)C(F)(F)[C@@H](N)c1cc(C(C)(C)C)cc(C(C)(C)C)c1O. The van der Waals surface area contributed by atoms with E-state index in [0.29, 0.717) is 5.56 Å². The number of carbonyl (C=O) groups excluding carboxylic acids is 1. The van der Waals surface area contributed by atoms with Crippen molar-refractivity contribution >= 4 is 5.97 Å². The van der Waals surface area contributed by atoms with Gasteiger partial charge in [-0.3, -0.25) is 0 Å². The first-order chi connectivity index (χ1) is 11.1. The standard InChI is InChI=1S/C19H29F2NO3/c1-8-25-16(24)19(20,21)15(22)12-9-11(17(2,3)4)10-13(14(12)23)18(5,6)7/h9-10,15,23H,8,22H2,1-7H3/t15-/m0/s1. The predicted octanol–water partition coefficient (Wildman–Crippen LogP) is 4.19. The quantitative estimate of drug-likeness (QED) is 0.793. The molecule has 3 N–H and O–H groups in total. The van der Waals surface area contributed by atoms with Crippen LogP contribution in [0.4, 0.5) is 8.78 Å². The number of esters is 1. The zero-order chi connectivity index (χ0) is 19.8. The van der Waals surface area contributed by atoms with Gasteiger partial charge in [-0.05, 0) is 34.9 Å². The molecule has 0 unspecified atom stereocenters. The molecule has 0 aliphatic heterocycles. The fraction of sp³-hybridized carbons (Fsp3) is 0.632. The van der Waals surface area contributed by atoms with Gasteiger partial charge in [0.1, 0.15) is 11.8 Å². The Morgan fingerprint density at radius 3 is 2.08 bits per heavy atom. The molecule has 0 bridgehead atoms. The Labute approximate surface area is 148 Å². The van der Waals surface area contributed by atoms with Gasteiger partial charge in [0.2, 0.25) is 0 Å². The Kier molecular flexibility index (Phi) is 5.90. The zero-order valence-corrected chi connectivity index (χ0v) is 16.0. The molecule has 0 saturated carbocycles. The van der Waals surface area contributed by atoms with Crippen molar-refractivity contribution in [2.24, 2.45) is 5.73 Å². The minimum Gasteiger partial charge on any atom is -0.507 e. The second-order valence-corrected chi connectivity index (χ2v) is 8.28. The molecule has 6 heteroatoms. The summed E-state index contributed by atoms with van der Waals surface area (Å²) in [6.07, 6.45) is 0. The van der Waals surface area contributed by atoms with E-state index in [2.05, 4.69) is 4.74 Å². The number of rotatable bonds is 4. The second-order valence-electron chi connectivity index (χ2n) is 8.28. The Morgan fingerprint density at radius 2 is 1.68 bits per heavy atom. The van der Waals surface area contributed by atoms with Crippen molar-refractivity contribution in [3.8, 4) is 5.75 Å². The zero-order valence-electron chi connectivity index (χ0n) is 16.0. The van der Waals surface area contributed by atoms with Gasteiger partial charge in [0.15, 0.2) is 0 Å². The van der Waals surface area contributed by atoms with Crippen molar-refractivity contribution in [3.05, 3.63) is 28.8 Å². The number of phenols is 1. The molecule has 25 heavy (non-hydrogen) atoms. The molecule has 1 rings (SSSR count). The van der Waals surface area contributed by atoms with Gasteiger partial charge in [0.25, 0.3) is 0 Å². The van der Waals surface area contributed by atoms with Gasteiger partial charge >= 0.3 is 11.9 Å². The summed E-state index contributed by atoms with van der Waals surface area (Å²) in [6, 6.07) is 1.24. The van der Waals surface area contributed by atoms with Crippen molar-refractivity contribution < 1.29 is 23.4 Å². The van der Waals surface area contributed by atoms with Crippen LogP contribution in [0, 0.1) is 0 Å². The van der Waals surface area contributed by atoms with Crippen molar-refractivity contribution in [2.75, 3.05) is 6.61 Å². The van der Waals surface area contributed by atoms with Crippen molar-refractivity contribution in [3.63, 3.8) is 0 Å². The van der Waals surface area contributed by atoms with Crippen LogP contribution < -0.4 is 5.73 Å². The van der Waals surface area contributed by atoms with Crippen molar-refractivity contribution in [1.29, 1.82) is 0 Å². The number of phenolic OH excluding ortho intramolecular Hbond substituents is 1. The van der Waals surface area contributed by atoms with Gasteiger partial charge in [-0.15, -0.1) is 0 Å². The average molecular weight is 357 g/mol. The molecular weight excluding hydrogens is 328 g/mol. The van der Waals surface area contributed by atoms with E-state index >= 15 is 0 Å². The number of ether oxygens (including phenoxy) is 1. The van der Waals surface area contributed by atoms with Crippen LogP contribution in [0.25, 0.3) is 0 Å². The Hall–Kier alpha value is -1.69. The lowest BCUT2D eigenvalue weighted by atomic mass is 9.77. The molecular formula is C19H29F2NO3. The summed E-state index contributed by atoms with van der Waals surface area (Å²) in [4.78, 5) is 11.6. The number of halogens is 2. The van der Waals surface area contributed by atoms with Crippen LogP contribution in [0.15, 0.2) is 12.1 Å². The highest BCUT2D eigenvalue weighted by molar-refractivity contribution is 5.79. The highest BCUT2D eigenvalue weighted by Gasteiger charge is 2.49. The number of hydrogen-bond acceptors (Lipinski definition) is 4. The lowest BCUT2D eigenvalue weighted by molar-refractivity contribution is -0.174. The topological polar surface area (TPSA) is 72.5 Å². The molecule has 0 fully saturated rings. The Morgan fingerprint density at radius 1 is 1.16 bits per heavy atom. The third-order valence-electron chi connectivity index (χ3n) is 4.09. The smallest absolute Gasteiger partial charge is 0.379 e. The van der Waals surface area contributed by atoms with Crippen LogP contribution in [0.3, 0.4) is 0 Å². The first-order valence-corrected chi connectivity index (χ1v) is 8.32. The Bertz CT molecular complexity index is 643. The first kappa shape index (κ1) is 21.4. The Balaban J connectivity index is 3.61. The highest BCUT2D eigenvalue weighted by Crippen LogP contribution is 2.43. The van der Waals surface area contributed by atoms with Gasteiger partial charge in [-0.2, -0.15) is 8.78 Å². The first-order valence-electron chi connectivity index (χ1n) is 8.32. The largest absolute Gasteiger partial charge is 0.507 e. The van der Waals surface area contributed by atoms with Gasteiger partial charge in [-0.25, -0.2) is 4.79 Å². The molecule has 0 radical (unpaired) electrons. The van der Waals surface area contributed by atoms with E-state index in [1.165, 1.54) is 13.0 Å². The molecule has 4 nitrogen and oxygen atoms in total. The lowest BCUT2D eigenvalue weighted by Crippen LogP contribution is -2.42. The maximum Gasteiger partial charge on any atom is 0.379 e. The number of carbonyl (C=O) groups is 1. The molecule has 0 amide bonds. The van der Waals surface area contributed by atoms with E-state index in [4.69, 9.17) is 5.73 Å². The molecule has 142 valence electrons. The van der Waals surface area contributed by atoms with Gasteiger partial charge < -0.3 is 15.6 Å². The van der Waals surface area contributed by atoms with Crippen molar-refractivity contribution in [2.45, 2.75) is 71.3 Å². The minimum absolute atomic E-state index is 0.157. The lowest BCUT2D eigenvalue weighted by Gasteiger charge is -2.30. The number of nitrogens with two attached hydrogens (primary N) is 1. The maximum atomic E-state index is 14.4. The fourth-order valence-corrected chi connectivity index (χ4v) is 2.45. The monoisotopic (exact) mass is 357 g/mol. The van der Waals surface area contributed by atoms with Crippen molar-refractivity contribution in [1.82, 2.24) is 0 Å². The molecule has 0 spiro atoms. The van der Waals surface area contributed by atoms with Crippen LogP contribution in [0.1, 0.15) is 71.2 Å². The molecule has 0 aliphatic rings. The molecule has 0 saturated heterocycles. The molecule has 1 aromatic carbocycles. The predicted molar refractivity (Wildman–Crippen MR) is 94.0 cm³/mol. The van der Waals surface area contributed by atoms with E-state index in [9.17, 15) is 18.7 Å². The molecule has 0 aromatic heterocycles. The third kappa shape index (κ3) is 4.48. The maximum absolute atomic E-state index is 14.4. The van der Waals surface area contributed by atoms with Crippen LogP contribution in [0.5, 0.6) is 5.75 Å². The molecule has 0 heterocycles. The van der Waals surface area contributed by atoms with E-state index < -0.39 is 23.3 Å². The number of aromatic hydroxyl groups is 1. The van der Waals surface area contributed by atoms with Gasteiger partial charge in [0.05, 0.1) is 6.61 Å². The second kappa shape index (κ2) is 6.90. The van der Waals surface area contributed by atoms with Crippen LogP contribution in [-0.2, 0) is 20.4 Å². The molecule has 1 atom stereocenters. The van der Waals surface area contributed by atoms with Gasteiger partial charge in [0, 0.05) is 5.56 Å². The molecule has 0 aliphatic carbocycles. The fourth-order valence-electron chi connectivity index (χ4n) is 2.45. The third-order valence-corrected chi connectivity index (χ3v) is 4.09. The number of benzene rings is 1. The minimum atomic E-state index is -3.95. The number of alkyl halides is 2. The van der Waals surface area contributed by atoms with E-state index in [0.717, 1.165) is 5.56 Å². The van der Waals surface area contributed by atoms with E-state index in [-0.39, 0.29) is 23.3 Å². The summed E-state index contributed by atoms with van der Waals surface area (Å²) >= 11 is 0. The molecule has 1 aromatic rings. The van der Waals surface area contributed by atoms with Gasteiger partial charge in [-0.1, -0.05) is 47.6 Å². The highest BCUT2D eigenvalue weighted by atomic mass is 19.3. The van der Waals surface area contributed by atoms with E-state index in [1.807, 2.05) is 41.5 Å². The summed E-state index contributed by atoms with van der Waals surface area (Å²) in [5, 5.41) is 10.6. The summed E-state index contributed by atoms with van der Waals surface area (Å²) in [5.74, 6) is -5.95. The average Bonchev–Trinajstić information content (AvgIpc) is 2.44. The normalized spacial score (nSPS) is 14.3. The van der Waals surface area contributed by atoms with Crippen LogP contribution >= 0.6 is 0 Å². The van der Waals surface area contributed by atoms with Crippen LogP contribution in [-0.4, -0.2) is 23.6 Å². The van der Waals surface area contributed by atoms with Crippen LogP contribution in [0.2, 0.25) is 0 Å². The summed E-state index contributed by atoms with van der Waals surface area (Å²) < 4.78 is 33.3.